The van der Waals surface area contributed by atoms with Crippen molar-refractivity contribution in [3.63, 3.8) is 0 Å². The van der Waals surface area contributed by atoms with E-state index >= 15 is 0 Å². The zero-order valence-corrected chi connectivity index (χ0v) is 10.3. The fourth-order valence-electron chi connectivity index (χ4n) is 1.57. The lowest BCUT2D eigenvalue weighted by Crippen LogP contribution is -2.37. The summed E-state index contributed by atoms with van der Waals surface area (Å²) < 4.78 is 0. The molecule has 18 heavy (non-hydrogen) atoms. The third-order valence-electron chi connectivity index (χ3n) is 2.54. The average molecular weight is 250 g/mol. The van der Waals surface area contributed by atoms with Gasteiger partial charge in [-0.25, -0.2) is 0 Å². The largest absolute Gasteiger partial charge is 0.480 e. The molecule has 0 saturated carbocycles. The number of hydrogen-bond acceptors (Lipinski definition) is 3. The minimum Gasteiger partial charge on any atom is -0.480 e. The monoisotopic (exact) mass is 250 g/mol. The minimum absolute atomic E-state index is 0.191. The van der Waals surface area contributed by atoms with E-state index in [0.717, 1.165) is 12.0 Å². The van der Waals surface area contributed by atoms with Gasteiger partial charge in [0.15, 0.2) is 0 Å². The molecule has 0 aliphatic heterocycles. The van der Waals surface area contributed by atoms with E-state index < -0.39 is 12.0 Å². The zero-order chi connectivity index (χ0) is 13.5. The van der Waals surface area contributed by atoms with E-state index in [1.807, 2.05) is 25.1 Å². The summed E-state index contributed by atoms with van der Waals surface area (Å²) in [5.41, 5.74) is 7.57. The summed E-state index contributed by atoms with van der Waals surface area (Å²) in [6, 6.07) is 6.88. The molecule has 1 aromatic rings. The maximum atomic E-state index is 11.4. The van der Waals surface area contributed by atoms with Crippen LogP contribution in [0.4, 0.5) is 0 Å². The maximum absolute atomic E-state index is 11.4. The average Bonchev–Trinajstić information content (AvgIpc) is 2.28. The van der Waals surface area contributed by atoms with Crippen LogP contribution in [-0.2, 0) is 16.0 Å². The Morgan fingerprint density at radius 1 is 1.44 bits per heavy atom. The number of amides is 1. The number of nitrogens with two attached hydrogens (primary N) is 1. The molecule has 0 aliphatic rings. The van der Waals surface area contributed by atoms with Crippen LogP contribution in [0.25, 0.3) is 0 Å². The maximum Gasteiger partial charge on any atom is 0.321 e. The van der Waals surface area contributed by atoms with Gasteiger partial charge in [-0.3, -0.25) is 9.59 Å². The van der Waals surface area contributed by atoms with Crippen molar-refractivity contribution in [3.05, 3.63) is 35.4 Å². The quantitative estimate of drug-likeness (QED) is 0.683. The molecule has 0 radical (unpaired) electrons. The van der Waals surface area contributed by atoms with Crippen molar-refractivity contribution in [2.45, 2.75) is 25.8 Å². The standard InChI is InChI=1S/C13H18N2O3/c1-9-3-2-4-10(7-9)5-6-15-12(16)8-11(14)13(17)18/h2-4,7,11H,5-6,8,14H2,1H3,(H,15,16)(H,17,18). The molecule has 5 nitrogen and oxygen atoms in total. The van der Waals surface area contributed by atoms with Crippen LogP contribution in [0.3, 0.4) is 0 Å². The third kappa shape index (κ3) is 4.97. The second-order valence-corrected chi connectivity index (χ2v) is 4.24. The molecule has 0 bridgehead atoms. The number of carbonyl (C=O) groups excluding carboxylic acids is 1. The van der Waals surface area contributed by atoms with Gasteiger partial charge in [0.05, 0.1) is 6.42 Å². The van der Waals surface area contributed by atoms with Gasteiger partial charge in [-0.2, -0.15) is 0 Å². The van der Waals surface area contributed by atoms with Gasteiger partial charge in [-0.15, -0.1) is 0 Å². The highest BCUT2D eigenvalue weighted by Crippen LogP contribution is 2.03. The summed E-state index contributed by atoms with van der Waals surface area (Å²) in [5.74, 6) is -1.50. The molecule has 5 heteroatoms. The molecule has 4 N–H and O–H groups in total. The lowest BCUT2D eigenvalue weighted by Gasteiger charge is -2.08. The Morgan fingerprint density at radius 3 is 2.78 bits per heavy atom. The highest BCUT2D eigenvalue weighted by molar-refractivity contribution is 5.84. The first kappa shape index (κ1) is 14.2. The second kappa shape index (κ2) is 6.76. The van der Waals surface area contributed by atoms with E-state index in [1.54, 1.807) is 0 Å². The molecule has 0 fully saturated rings. The van der Waals surface area contributed by atoms with Crippen LogP contribution in [0, 0.1) is 6.92 Å². The number of aliphatic carboxylic acids is 1. The van der Waals surface area contributed by atoms with Gasteiger partial charge < -0.3 is 16.2 Å². The highest BCUT2D eigenvalue weighted by Gasteiger charge is 2.15. The predicted octanol–water partition coefficient (Wildman–Crippen LogP) is 0.456. The predicted molar refractivity (Wildman–Crippen MR) is 68.1 cm³/mol. The first-order valence-corrected chi connectivity index (χ1v) is 5.79. The van der Waals surface area contributed by atoms with E-state index in [4.69, 9.17) is 10.8 Å². The van der Waals surface area contributed by atoms with Crippen LogP contribution in [0.5, 0.6) is 0 Å². The lowest BCUT2D eigenvalue weighted by molar-refractivity contribution is -0.140. The molecule has 1 amide bonds. The van der Waals surface area contributed by atoms with Gasteiger partial charge >= 0.3 is 5.97 Å². The van der Waals surface area contributed by atoms with Crippen molar-refractivity contribution in [2.24, 2.45) is 5.73 Å². The van der Waals surface area contributed by atoms with Crippen LogP contribution in [0.15, 0.2) is 24.3 Å². The molecule has 1 aromatic carbocycles. The Morgan fingerprint density at radius 2 is 2.17 bits per heavy atom. The van der Waals surface area contributed by atoms with Gasteiger partial charge in [-0.1, -0.05) is 29.8 Å². The van der Waals surface area contributed by atoms with Gasteiger partial charge in [0.2, 0.25) is 5.91 Å². The number of aryl methyl sites for hydroxylation is 1. The molecular weight excluding hydrogens is 232 g/mol. The molecule has 0 heterocycles. The summed E-state index contributed by atoms with van der Waals surface area (Å²) in [4.78, 5) is 21.8. The normalized spacial score (nSPS) is 11.9. The molecule has 1 atom stereocenters. The molecule has 0 aliphatic carbocycles. The Hall–Kier alpha value is -1.88. The van der Waals surface area contributed by atoms with Crippen molar-refractivity contribution < 1.29 is 14.7 Å². The Balaban J connectivity index is 2.29. The third-order valence-corrected chi connectivity index (χ3v) is 2.54. The van der Waals surface area contributed by atoms with Crippen molar-refractivity contribution in [3.8, 4) is 0 Å². The summed E-state index contributed by atoms with van der Waals surface area (Å²) in [5, 5.41) is 11.2. The van der Waals surface area contributed by atoms with E-state index in [1.165, 1.54) is 5.56 Å². The fourth-order valence-corrected chi connectivity index (χ4v) is 1.57. The number of benzene rings is 1. The first-order chi connectivity index (χ1) is 8.49. The van der Waals surface area contributed by atoms with E-state index in [9.17, 15) is 9.59 Å². The summed E-state index contributed by atoms with van der Waals surface area (Å²) in [7, 11) is 0. The van der Waals surface area contributed by atoms with Crippen LogP contribution < -0.4 is 11.1 Å². The van der Waals surface area contributed by atoms with Gasteiger partial charge in [-0.05, 0) is 18.9 Å². The Kier molecular flexibility index (Phi) is 5.32. The second-order valence-electron chi connectivity index (χ2n) is 4.24. The number of carboxylic acid groups (broad SMARTS) is 1. The van der Waals surface area contributed by atoms with E-state index in [-0.39, 0.29) is 12.3 Å². The molecule has 1 rings (SSSR count). The van der Waals surface area contributed by atoms with Gasteiger partial charge in [0.25, 0.3) is 0 Å². The van der Waals surface area contributed by atoms with E-state index in [0.29, 0.717) is 6.54 Å². The molecule has 1 unspecified atom stereocenters. The number of rotatable bonds is 6. The zero-order valence-electron chi connectivity index (χ0n) is 10.3. The van der Waals surface area contributed by atoms with Gasteiger partial charge in [0.1, 0.15) is 6.04 Å². The van der Waals surface area contributed by atoms with Crippen molar-refractivity contribution in [2.75, 3.05) is 6.54 Å². The van der Waals surface area contributed by atoms with Crippen molar-refractivity contribution in [1.29, 1.82) is 0 Å². The van der Waals surface area contributed by atoms with Crippen molar-refractivity contribution in [1.82, 2.24) is 5.32 Å². The lowest BCUT2D eigenvalue weighted by atomic mass is 10.1. The van der Waals surface area contributed by atoms with E-state index in [2.05, 4.69) is 11.4 Å². The molecule has 0 saturated heterocycles. The van der Waals surface area contributed by atoms with Crippen LogP contribution in [-0.4, -0.2) is 29.6 Å². The van der Waals surface area contributed by atoms with Gasteiger partial charge in [0, 0.05) is 6.54 Å². The molecular formula is C13H18N2O3. The summed E-state index contributed by atoms with van der Waals surface area (Å²) >= 11 is 0. The number of nitrogens with one attached hydrogen (secondary N) is 1. The van der Waals surface area contributed by atoms with Crippen LogP contribution in [0.1, 0.15) is 17.5 Å². The van der Waals surface area contributed by atoms with Crippen LogP contribution >= 0.6 is 0 Å². The fraction of sp³-hybridized carbons (Fsp3) is 0.385. The number of carbonyl (C=O) groups is 2. The molecule has 98 valence electrons. The van der Waals surface area contributed by atoms with Crippen molar-refractivity contribution >= 4 is 11.9 Å². The first-order valence-electron chi connectivity index (χ1n) is 5.79. The smallest absolute Gasteiger partial charge is 0.321 e. The summed E-state index contributed by atoms with van der Waals surface area (Å²) in [6.45, 7) is 2.49. The topological polar surface area (TPSA) is 92.4 Å². The number of hydrogen-bond donors (Lipinski definition) is 3. The highest BCUT2D eigenvalue weighted by atomic mass is 16.4. The molecule has 0 aromatic heterocycles. The van der Waals surface area contributed by atoms with Crippen LogP contribution in [0.2, 0.25) is 0 Å². The number of carboxylic acids is 1. The summed E-state index contributed by atoms with van der Waals surface area (Å²) in [6.07, 6.45) is 0.527. The SMILES string of the molecule is Cc1cccc(CCNC(=O)CC(N)C(=O)O)c1. The Bertz CT molecular complexity index is 432. The molecule has 0 spiro atoms. The minimum atomic E-state index is -1.16. The Labute approximate surface area is 106 Å².